The third kappa shape index (κ3) is 2.77. The number of hydrogen-bond donors (Lipinski definition) is 2. The Morgan fingerprint density at radius 3 is 2.82 bits per heavy atom. The Hall–Kier alpha value is -1.40. The molecule has 3 nitrogen and oxygen atoms in total. The number of H-pyrrole nitrogens is 1. The van der Waals surface area contributed by atoms with Gasteiger partial charge in [-0.1, -0.05) is 0 Å². The number of hydrogen-bond acceptors (Lipinski definition) is 2. The summed E-state index contributed by atoms with van der Waals surface area (Å²) >= 11 is -0.216. The summed E-state index contributed by atoms with van der Waals surface area (Å²) in [4.78, 5) is 0. The molecule has 4 heteroatoms. The molecular formula is C18H21IN3-. The van der Waals surface area contributed by atoms with Crippen molar-refractivity contribution in [2.24, 2.45) is 3.95 Å². The molecule has 3 N–H and O–H groups in total. The van der Waals surface area contributed by atoms with Gasteiger partial charge in [0.1, 0.15) is 0 Å². The van der Waals surface area contributed by atoms with Crippen LogP contribution in [0.1, 0.15) is 25.8 Å². The fourth-order valence-electron chi connectivity index (χ4n) is 2.83. The molecule has 1 atom stereocenters. The van der Waals surface area contributed by atoms with Gasteiger partial charge < -0.3 is 0 Å². The molecule has 1 unspecified atom stereocenters. The van der Waals surface area contributed by atoms with E-state index in [4.69, 9.17) is 3.95 Å². The van der Waals surface area contributed by atoms with Crippen LogP contribution in [0.4, 0.5) is 0 Å². The Balaban J connectivity index is 2.10. The van der Waals surface area contributed by atoms with Crippen molar-refractivity contribution in [1.82, 2.24) is 10.2 Å². The quantitative estimate of drug-likeness (QED) is 0.375. The second kappa shape index (κ2) is 6.38. The molecule has 0 aliphatic carbocycles. The summed E-state index contributed by atoms with van der Waals surface area (Å²) in [7, 11) is 0. The number of alkyl halides is 1. The zero-order valence-electron chi connectivity index (χ0n) is 12.9. The molecule has 0 amide bonds. The summed E-state index contributed by atoms with van der Waals surface area (Å²) in [5.74, 6) is 0. The number of nitrogens with zero attached hydrogens (tertiary/aromatic N) is 1. The van der Waals surface area contributed by atoms with Crippen molar-refractivity contribution in [2.45, 2.75) is 25.7 Å². The van der Waals surface area contributed by atoms with Gasteiger partial charge in [-0.2, -0.15) is 0 Å². The molecule has 22 heavy (non-hydrogen) atoms. The number of benzene rings is 2. The molecule has 0 radical (unpaired) electrons. The zero-order chi connectivity index (χ0) is 15.6. The molecule has 0 aliphatic heterocycles. The van der Waals surface area contributed by atoms with Crippen molar-refractivity contribution in [3.63, 3.8) is 0 Å². The van der Waals surface area contributed by atoms with Gasteiger partial charge >= 0.3 is 142 Å². The molecule has 116 valence electrons. The molecule has 0 bridgehead atoms. The van der Waals surface area contributed by atoms with Crippen LogP contribution in [0.15, 0.2) is 48.7 Å². The Kier molecular flexibility index (Phi) is 4.49. The molecule has 0 saturated heterocycles. The van der Waals surface area contributed by atoms with E-state index in [2.05, 4.69) is 66.5 Å². The van der Waals surface area contributed by atoms with E-state index >= 15 is 0 Å². The van der Waals surface area contributed by atoms with E-state index in [1.165, 1.54) is 22.1 Å². The van der Waals surface area contributed by atoms with Crippen LogP contribution in [0.2, 0.25) is 0 Å². The fraction of sp³-hybridized carbons (Fsp3) is 0.278. The van der Waals surface area contributed by atoms with E-state index in [0.29, 0.717) is 0 Å². The Morgan fingerprint density at radius 1 is 1.23 bits per heavy atom. The molecule has 0 fully saturated rings. The normalized spacial score (nSPS) is 14.3. The first-order valence-electron chi connectivity index (χ1n) is 7.49. The van der Waals surface area contributed by atoms with Crippen molar-refractivity contribution >= 4 is 10.9 Å². The Bertz CT molecular complexity index is 781. The first-order chi connectivity index (χ1) is 10.7. The summed E-state index contributed by atoms with van der Waals surface area (Å²) in [6.07, 6.45) is 3.02. The number of nitrogens with two attached hydrogens (primary N) is 1. The maximum absolute atomic E-state index is 5.93. The predicted molar refractivity (Wildman–Crippen MR) is 88.2 cm³/mol. The number of aromatic amines is 1. The molecule has 0 aliphatic rings. The summed E-state index contributed by atoms with van der Waals surface area (Å²) in [5.41, 5.74) is 5.13. The van der Waals surface area contributed by atoms with Gasteiger partial charge in [0.2, 0.25) is 0 Å². The number of halogens is 1. The maximum atomic E-state index is 5.93. The van der Waals surface area contributed by atoms with Crippen molar-refractivity contribution in [1.29, 1.82) is 0 Å². The van der Waals surface area contributed by atoms with E-state index in [9.17, 15) is 0 Å². The summed E-state index contributed by atoms with van der Waals surface area (Å²) in [6.45, 7) is 4.58. The van der Waals surface area contributed by atoms with Gasteiger partial charge in [-0.25, -0.2) is 0 Å². The molecule has 1 heterocycles. The monoisotopic (exact) mass is 406 g/mol. The number of fused-ring (bicyclic) bond motifs is 1. The van der Waals surface area contributed by atoms with E-state index in [1.54, 1.807) is 0 Å². The van der Waals surface area contributed by atoms with E-state index in [0.717, 1.165) is 16.4 Å². The van der Waals surface area contributed by atoms with Crippen LogP contribution in [0.5, 0.6) is 0 Å². The van der Waals surface area contributed by atoms with Gasteiger partial charge in [0.15, 0.2) is 0 Å². The van der Waals surface area contributed by atoms with Crippen LogP contribution >= 0.6 is 0 Å². The second-order valence-corrected chi connectivity index (χ2v) is 7.56. The van der Waals surface area contributed by atoms with E-state index < -0.39 is 0 Å². The Morgan fingerprint density at radius 2 is 2.05 bits per heavy atom. The second-order valence-electron chi connectivity index (χ2n) is 5.92. The molecule has 0 spiro atoms. The van der Waals surface area contributed by atoms with Crippen molar-refractivity contribution in [3.05, 3.63) is 54.2 Å². The Labute approximate surface area is 141 Å². The first kappa shape index (κ1) is 15.5. The van der Waals surface area contributed by atoms with Crippen LogP contribution in [-0.2, 0) is 5.41 Å². The van der Waals surface area contributed by atoms with Gasteiger partial charge in [-0.15, -0.1) is 0 Å². The topological polar surface area (TPSA) is 54.7 Å². The van der Waals surface area contributed by atoms with E-state index in [-0.39, 0.29) is 26.9 Å². The van der Waals surface area contributed by atoms with Crippen LogP contribution in [0.3, 0.4) is 0 Å². The molecule has 3 aromatic rings. The van der Waals surface area contributed by atoms with Crippen LogP contribution in [0.25, 0.3) is 22.0 Å². The fourth-order valence-corrected chi connectivity index (χ4v) is 4.78. The van der Waals surface area contributed by atoms with Crippen molar-refractivity contribution in [2.75, 3.05) is 4.43 Å². The standard InChI is InChI=1S/C18H21IN3/c1-3-18(2,12-19-20)14-7-4-6-13(10-14)15-8-5-9-17-16(15)11-21-22-17/h4-11H,3,12,20H2,1-2H3,(H,21,22)/q-1. The molecule has 3 rings (SSSR count). The van der Waals surface area contributed by atoms with Crippen molar-refractivity contribution < 1.29 is 21.5 Å². The van der Waals surface area contributed by atoms with Crippen LogP contribution in [-0.4, -0.2) is 14.6 Å². The SMILES string of the molecule is CCC(C)(C[I-]N)c1cccc(-c2cccc3[nH]ncc23)c1. The number of rotatable bonds is 5. The first-order valence-corrected chi connectivity index (χ1v) is 10.3. The third-order valence-electron chi connectivity index (χ3n) is 4.51. The number of aromatic nitrogens is 2. The minimum atomic E-state index is -0.216. The average molecular weight is 406 g/mol. The van der Waals surface area contributed by atoms with E-state index in [1.807, 2.05) is 6.20 Å². The molecule has 0 saturated carbocycles. The van der Waals surface area contributed by atoms with Gasteiger partial charge in [0.25, 0.3) is 0 Å². The summed E-state index contributed by atoms with van der Waals surface area (Å²) in [5, 5.41) is 8.38. The summed E-state index contributed by atoms with van der Waals surface area (Å²) in [6, 6.07) is 15.2. The molecule has 2 aromatic carbocycles. The zero-order valence-corrected chi connectivity index (χ0v) is 15.1. The van der Waals surface area contributed by atoms with Gasteiger partial charge in [-0.05, 0) is 0 Å². The van der Waals surface area contributed by atoms with Gasteiger partial charge in [-0.3, -0.25) is 0 Å². The van der Waals surface area contributed by atoms with Crippen LogP contribution in [0, 0.1) is 0 Å². The third-order valence-corrected chi connectivity index (χ3v) is 6.63. The number of nitrogens with one attached hydrogen (secondary N) is 1. The van der Waals surface area contributed by atoms with Crippen LogP contribution < -0.4 is 25.4 Å². The summed E-state index contributed by atoms with van der Waals surface area (Å²) < 4.78 is 7.05. The average Bonchev–Trinajstić information content (AvgIpc) is 3.03. The molecule has 1 aromatic heterocycles. The van der Waals surface area contributed by atoms with Crippen molar-refractivity contribution in [3.8, 4) is 11.1 Å². The minimum absolute atomic E-state index is 0.183. The molecular weight excluding hydrogens is 385 g/mol. The van der Waals surface area contributed by atoms with Gasteiger partial charge in [0.05, 0.1) is 0 Å². The predicted octanol–water partition coefficient (Wildman–Crippen LogP) is 0.860. The van der Waals surface area contributed by atoms with Gasteiger partial charge in [0, 0.05) is 0 Å².